The molecule has 0 spiro atoms. The number of fused-ring (bicyclic) bond motifs is 4. The summed E-state index contributed by atoms with van der Waals surface area (Å²) in [5, 5.41) is 0. The number of nitrogens with zero attached hydrogens (tertiary/aromatic N) is 2. The number of para-hydroxylation sites is 1. The molecule has 1 aliphatic carbocycles. The zero-order valence-electron chi connectivity index (χ0n) is 22.0. The van der Waals surface area contributed by atoms with Crippen LogP contribution >= 0.6 is 0 Å². The summed E-state index contributed by atoms with van der Waals surface area (Å²) in [5.41, 5.74) is 14.0. The maximum Gasteiger partial charge on any atom is 0.0886 e. The number of aliphatic imine (C=N–C) groups is 1. The summed E-state index contributed by atoms with van der Waals surface area (Å²) in [6.07, 6.45) is 2.79. The van der Waals surface area contributed by atoms with Gasteiger partial charge in [0.15, 0.2) is 0 Å². The molecule has 0 bridgehead atoms. The molecule has 0 fully saturated rings. The highest BCUT2D eigenvalue weighted by atomic mass is 14.8. The summed E-state index contributed by atoms with van der Waals surface area (Å²) in [5.74, 6) is 0. The molecular formula is C38H26N2. The van der Waals surface area contributed by atoms with Crippen LogP contribution < -0.4 is 0 Å². The maximum atomic E-state index is 4.97. The van der Waals surface area contributed by atoms with Crippen LogP contribution in [0.2, 0.25) is 0 Å². The summed E-state index contributed by atoms with van der Waals surface area (Å²) in [6, 6.07) is 50.1. The number of pyridine rings is 1. The second-order valence-corrected chi connectivity index (χ2v) is 10.5. The van der Waals surface area contributed by atoms with E-state index >= 15 is 0 Å². The number of benzene rings is 5. The van der Waals surface area contributed by atoms with Gasteiger partial charge in [0.2, 0.25) is 0 Å². The van der Waals surface area contributed by atoms with Gasteiger partial charge < -0.3 is 0 Å². The number of hydrogen-bond acceptors (Lipinski definition) is 2. The van der Waals surface area contributed by atoms with Crippen LogP contribution in [-0.4, -0.2) is 10.7 Å². The molecule has 0 amide bonds. The smallest absolute Gasteiger partial charge is 0.0886 e. The van der Waals surface area contributed by atoms with E-state index in [4.69, 9.17) is 9.98 Å². The van der Waals surface area contributed by atoms with Crippen molar-refractivity contribution >= 4 is 11.4 Å². The summed E-state index contributed by atoms with van der Waals surface area (Å²) < 4.78 is 0. The zero-order valence-corrected chi connectivity index (χ0v) is 22.0. The van der Waals surface area contributed by atoms with Gasteiger partial charge in [-0.3, -0.25) is 9.98 Å². The fourth-order valence-electron chi connectivity index (χ4n) is 6.72. The molecule has 2 heteroatoms. The second kappa shape index (κ2) is 9.00. The molecule has 5 aromatic carbocycles. The molecule has 6 aromatic rings. The van der Waals surface area contributed by atoms with E-state index in [9.17, 15) is 0 Å². The molecule has 0 saturated heterocycles. The predicted octanol–water partition coefficient (Wildman–Crippen LogP) is 8.79. The Morgan fingerprint density at radius 2 is 1.23 bits per heavy atom. The molecule has 40 heavy (non-hydrogen) atoms. The summed E-state index contributed by atoms with van der Waals surface area (Å²) in [6.45, 7) is 0. The SMILES string of the molecule is c1ccc(C2(c3ccccn3)c3ccccc3-c3c(-c4ccc(C5=Nc6ccccc6C5)cc4)cccc32)cc1. The molecule has 0 N–H and O–H groups in total. The van der Waals surface area contributed by atoms with Crippen molar-refractivity contribution in [3.8, 4) is 22.3 Å². The highest BCUT2D eigenvalue weighted by molar-refractivity contribution is 6.07. The molecular weight excluding hydrogens is 484 g/mol. The third-order valence-corrected chi connectivity index (χ3v) is 8.46. The Morgan fingerprint density at radius 3 is 2.05 bits per heavy atom. The minimum atomic E-state index is -0.491. The Balaban J connectivity index is 1.32. The molecule has 2 aliphatic rings. The summed E-state index contributed by atoms with van der Waals surface area (Å²) in [4.78, 5) is 9.88. The molecule has 188 valence electrons. The van der Waals surface area contributed by atoms with E-state index in [1.165, 1.54) is 50.1 Å². The molecule has 1 aromatic heterocycles. The van der Waals surface area contributed by atoms with Crippen LogP contribution in [0.15, 0.2) is 151 Å². The lowest BCUT2D eigenvalue weighted by atomic mass is 9.69. The maximum absolute atomic E-state index is 4.97. The highest BCUT2D eigenvalue weighted by Gasteiger charge is 2.47. The van der Waals surface area contributed by atoms with Crippen molar-refractivity contribution in [1.29, 1.82) is 0 Å². The van der Waals surface area contributed by atoms with Gasteiger partial charge >= 0.3 is 0 Å². The van der Waals surface area contributed by atoms with E-state index < -0.39 is 5.41 Å². The molecule has 8 rings (SSSR count). The van der Waals surface area contributed by atoms with Crippen molar-refractivity contribution in [2.45, 2.75) is 11.8 Å². The standard InChI is InChI=1S/C38H26N2/c1-2-12-29(13-3-1)38(36-19-8-9-24-39-36)32-16-6-5-14-31(32)37-30(15-10-17-33(37)38)26-20-22-27(23-21-26)35-25-28-11-4-7-18-34(28)40-35/h1-24H,25H2. The first-order valence-corrected chi connectivity index (χ1v) is 13.8. The fourth-order valence-corrected chi connectivity index (χ4v) is 6.72. The van der Waals surface area contributed by atoms with Gasteiger partial charge in [0, 0.05) is 12.6 Å². The topological polar surface area (TPSA) is 25.2 Å². The van der Waals surface area contributed by atoms with Gasteiger partial charge in [-0.15, -0.1) is 0 Å². The Hall–Kier alpha value is -5.08. The van der Waals surface area contributed by atoms with Crippen LogP contribution in [-0.2, 0) is 11.8 Å². The lowest BCUT2D eigenvalue weighted by Gasteiger charge is -2.32. The molecule has 2 heterocycles. The molecule has 1 atom stereocenters. The first kappa shape index (κ1) is 22.9. The van der Waals surface area contributed by atoms with Gasteiger partial charge in [0.1, 0.15) is 0 Å². The lowest BCUT2D eigenvalue weighted by molar-refractivity contribution is 0.735. The van der Waals surface area contributed by atoms with Crippen molar-refractivity contribution in [1.82, 2.24) is 4.98 Å². The Morgan fingerprint density at radius 1 is 0.525 bits per heavy atom. The Kier molecular flexibility index (Phi) is 5.14. The second-order valence-electron chi connectivity index (χ2n) is 10.5. The van der Waals surface area contributed by atoms with Crippen LogP contribution in [0.25, 0.3) is 22.3 Å². The van der Waals surface area contributed by atoms with Crippen molar-refractivity contribution in [3.05, 3.63) is 179 Å². The van der Waals surface area contributed by atoms with Crippen LogP contribution in [0.5, 0.6) is 0 Å². The minimum absolute atomic E-state index is 0.491. The van der Waals surface area contributed by atoms with E-state index in [0.717, 1.165) is 23.5 Å². The minimum Gasteiger partial charge on any atom is -0.260 e. The lowest BCUT2D eigenvalue weighted by Crippen LogP contribution is -2.29. The van der Waals surface area contributed by atoms with E-state index in [1.54, 1.807) is 0 Å². The fraction of sp³-hybridized carbons (Fsp3) is 0.0526. The molecule has 1 unspecified atom stereocenters. The van der Waals surface area contributed by atoms with Gasteiger partial charge in [-0.1, -0.05) is 121 Å². The Labute approximate surface area is 234 Å². The Bertz CT molecular complexity index is 1860. The normalized spacial score (nSPS) is 16.6. The van der Waals surface area contributed by atoms with Gasteiger partial charge in [-0.2, -0.15) is 0 Å². The van der Waals surface area contributed by atoms with Gasteiger partial charge in [0.25, 0.3) is 0 Å². The quantitative estimate of drug-likeness (QED) is 0.232. The summed E-state index contributed by atoms with van der Waals surface area (Å²) >= 11 is 0. The van der Waals surface area contributed by atoms with Crippen molar-refractivity contribution in [2.75, 3.05) is 0 Å². The van der Waals surface area contributed by atoms with E-state index in [-0.39, 0.29) is 0 Å². The van der Waals surface area contributed by atoms with Gasteiger partial charge in [-0.25, -0.2) is 0 Å². The van der Waals surface area contributed by atoms with E-state index in [2.05, 4.69) is 133 Å². The van der Waals surface area contributed by atoms with Crippen molar-refractivity contribution in [3.63, 3.8) is 0 Å². The molecule has 2 nitrogen and oxygen atoms in total. The average Bonchev–Trinajstić information content (AvgIpc) is 3.60. The third kappa shape index (κ3) is 3.29. The van der Waals surface area contributed by atoms with Crippen LogP contribution in [0.3, 0.4) is 0 Å². The van der Waals surface area contributed by atoms with Crippen LogP contribution in [0, 0.1) is 0 Å². The number of aromatic nitrogens is 1. The van der Waals surface area contributed by atoms with Crippen LogP contribution in [0.1, 0.15) is 33.5 Å². The van der Waals surface area contributed by atoms with Crippen molar-refractivity contribution in [2.24, 2.45) is 4.99 Å². The van der Waals surface area contributed by atoms with Gasteiger partial charge in [0.05, 0.1) is 22.5 Å². The molecule has 0 saturated carbocycles. The summed E-state index contributed by atoms with van der Waals surface area (Å²) in [7, 11) is 0. The van der Waals surface area contributed by atoms with E-state index in [1.807, 2.05) is 12.3 Å². The van der Waals surface area contributed by atoms with Gasteiger partial charge in [-0.05, 0) is 68.3 Å². The molecule has 1 aliphatic heterocycles. The largest absolute Gasteiger partial charge is 0.260 e. The number of hydrogen-bond donors (Lipinski definition) is 0. The molecule has 0 radical (unpaired) electrons. The number of rotatable bonds is 4. The predicted molar refractivity (Wildman–Crippen MR) is 163 cm³/mol. The monoisotopic (exact) mass is 510 g/mol. The third-order valence-electron chi connectivity index (χ3n) is 8.46. The van der Waals surface area contributed by atoms with E-state index in [0.29, 0.717) is 0 Å². The average molecular weight is 511 g/mol. The first-order valence-electron chi connectivity index (χ1n) is 13.8. The zero-order chi connectivity index (χ0) is 26.5. The van der Waals surface area contributed by atoms with Crippen molar-refractivity contribution < 1.29 is 0 Å². The highest BCUT2D eigenvalue weighted by Crippen LogP contribution is 2.57. The van der Waals surface area contributed by atoms with Crippen LogP contribution in [0.4, 0.5) is 5.69 Å². The first-order chi connectivity index (χ1) is 19.8.